The maximum absolute atomic E-state index is 13.1. The molecule has 0 aliphatic heterocycles. The molecule has 2 aromatic rings. The van der Waals surface area contributed by atoms with Crippen molar-refractivity contribution in [2.45, 2.75) is 31.6 Å². The number of halogens is 2. The van der Waals surface area contributed by atoms with Crippen molar-refractivity contribution in [3.8, 4) is 11.1 Å². The molecule has 1 saturated carbocycles. The molecule has 0 bridgehead atoms. The first-order chi connectivity index (χ1) is 9.62. The third-order valence-electron chi connectivity index (χ3n) is 3.71. The Morgan fingerprint density at radius 1 is 1.15 bits per heavy atom. The summed E-state index contributed by atoms with van der Waals surface area (Å²) in [4.78, 5) is 0. The molecule has 0 unspecified atom stereocenters. The minimum Gasteiger partial charge on any atom is -0.285 e. The van der Waals surface area contributed by atoms with E-state index in [9.17, 15) is 8.78 Å². The molecule has 0 spiro atoms. The molecule has 0 saturated heterocycles. The molecule has 3 rings (SSSR count). The lowest BCUT2D eigenvalue weighted by Crippen LogP contribution is -2.20. The standard InChI is InChI=1S/C16H16F2N2/c17-16(18)6-4-12(5-7-16)8-13-2-1-3-14(9-13)15-10-19-20-11-15/h1-3,8-11H,4-7H2,(H,19,20). The Hall–Kier alpha value is -1.97. The number of alkyl halides is 2. The van der Waals surface area contributed by atoms with Crippen LogP contribution in [0, 0.1) is 0 Å². The molecule has 0 radical (unpaired) electrons. The van der Waals surface area contributed by atoms with Crippen LogP contribution in [-0.2, 0) is 0 Å². The molecule has 1 fully saturated rings. The molecule has 2 nitrogen and oxygen atoms in total. The molecule has 1 heterocycles. The molecule has 0 atom stereocenters. The van der Waals surface area contributed by atoms with Crippen molar-refractivity contribution in [2.75, 3.05) is 0 Å². The lowest BCUT2D eigenvalue weighted by Gasteiger charge is -2.23. The van der Waals surface area contributed by atoms with E-state index in [0.29, 0.717) is 12.8 Å². The van der Waals surface area contributed by atoms with Crippen molar-refractivity contribution in [1.29, 1.82) is 0 Å². The Labute approximate surface area is 116 Å². The summed E-state index contributed by atoms with van der Waals surface area (Å²) in [6.07, 6.45) is 6.58. The van der Waals surface area contributed by atoms with Crippen LogP contribution in [0.5, 0.6) is 0 Å². The number of hydrogen-bond acceptors (Lipinski definition) is 1. The van der Waals surface area contributed by atoms with Crippen molar-refractivity contribution in [2.24, 2.45) is 0 Å². The quantitative estimate of drug-likeness (QED) is 0.847. The third kappa shape index (κ3) is 2.95. The van der Waals surface area contributed by atoms with Gasteiger partial charge in [0.2, 0.25) is 5.92 Å². The topological polar surface area (TPSA) is 28.7 Å². The minimum absolute atomic E-state index is 0.0275. The zero-order valence-corrected chi connectivity index (χ0v) is 11.1. The van der Waals surface area contributed by atoms with Crippen LogP contribution >= 0.6 is 0 Å². The fourth-order valence-corrected chi connectivity index (χ4v) is 2.53. The van der Waals surface area contributed by atoms with Crippen LogP contribution < -0.4 is 0 Å². The van der Waals surface area contributed by atoms with Gasteiger partial charge in [0, 0.05) is 24.6 Å². The molecule has 0 amide bonds. The first-order valence-corrected chi connectivity index (χ1v) is 6.79. The number of nitrogens with zero attached hydrogens (tertiary/aromatic N) is 1. The predicted octanol–water partition coefficient (Wildman–Crippen LogP) is 4.67. The SMILES string of the molecule is FC1(F)CCC(=Cc2cccc(-c3cn[nH]c3)c2)CC1. The Morgan fingerprint density at radius 2 is 1.95 bits per heavy atom. The van der Waals surface area contributed by atoms with E-state index in [1.807, 2.05) is 30.5 Å². The molecule has 1 aromatic heterocycles. The highest BCUT2D eigenvalue weighted by atomic mass is 19.3. The normalized spacial score (nSPS) is 18.0. The number of aromatic nitrogens is 2. The average Bonchev–Trinajstić information content (AvgIpc) is 2.96. The maximum atomic E-state index is 13.1. The number of allylic oxidation sites excluding steroid dienone is 1. The fourth-order valence-electron chi connectivity index (χ4n) is 2.53. The summed E-state index contributed by atoms with van der Waals surface area (Å²) in [5.74, 6) is -2.48. The highest BCUT2D eigenvalue weighted by Crippen LogP contribution is 2.36. The Morgan fingerprint density at radius 3 is 2.65 bits per heavy atom. The second-order valence-corrected chi connectivity index (χ2v) is 5.27. The van der Waals surface area contributed by atoms with Gasteiger partial charge in [-0.15, -0.1) is 0 Å². The largest absolute Gasteiger partial charge is 0.285 e. The number of hydrogen-bond donors (Lipinski definition) is 1. The van der Waals surface area contributed by atoms with E-state index >= 15 is 0 Å². The molecule has 1 aromatic carbocycles. The smallest absolute Gasteiger partial charge is 0.248 e. The van der Waals surface area contributed by atoms with Crippen molar-refractivity contribution in [1.82, 2.24) is 10.2 Å². The van der Waals surface area contributed by atoms with Gasteiger partial charge in [-0.1, -0.05) is 29.8 Å². The van der Waals surface area contributed by atoms with E-state index in [0.717, 1.165) is 22.3 Å². The van der Waals surface area contributed by atoms with E-state index in [1.165, 1.54) is 0 Å². The van der Waals surface area contributed by atoms with Gasteiger partial charge < -0.3 is 0 Å². The zero-order valence-electron chi connectivity index (χ0n) is 11.1. The van der Waals surface area contributed by atoms with Gasteiger partial charge in [-0.25, -0.2) is 8.78 Å². The summed E-state index contributed by atoms with van der Waals surface area (Å²) in [6.45, 7) is 0. The van der Waals surface area contributed by atoms with Gasteiger partial charge in [0.15, 0.2) is 0 Å². The number of benzene rings is 1. The lowest BCUT2D eigenvalue weighted by molar-refractivity contribution is -0.0243. The van der Waals surface area contributed by atoms with Crippen molar-refractivity contribution >= 4 is 6.08 Å². The van der Waals surface area contributed by atoms with Gasteiger partial charge in [-0.2, -0.15) is 5.10 Å². The minimum atomic E-state index is -2.48. The van der Waals surface area contributed by atoms with Gasteiger partial charge in [0.1, 0.15) is 0 Å². The first kappa shape index (κ1) is 13.0. The fraction of sp³-hybridized carbons (Fsp3) is 0.312. The van der Waals surface area contributed by atoms with Crippen LogP contribution in [-0.4, -0.2) is 16.1 Å². The summed E-state index contributed by atoms with van der Waals surface area (Å²) in [5.41, 5.74) is 4.28. The summed E-state index contributed by atoms with van der Waals surface area (Å²) < 4.78 is 26.3. The van der Waals surface area contributed by atoms with Crippen LogP contribution in [0.1, 0.15) is 31.2 Å². The van der Waals surface area contributed by atoms with E-state index in [1.54, 1.807) is 6.20 Å². The second-order valence-electron chi connectivity index (χ2n) is 5.27. The summed E-state index contributed by atoms with van der Waals surface area (Å²) >= 11 is 0. The van der Waals surface area contributed by atoms with Gasteiger partial charge >= 0.3 is 0 Å². The second kappa shape index (κ2) is 5.19. The first-order valence-electron chi connectivity index (χ1n) is 6.79. The molecule has 1 N–H and O–H groups in total. The van der Waals surface area contributed by atoms with Crippen LogP contribution in [0.15, 0.2) is 42.2 Å². The van der Waals surface area contributed by atoms with Crippen LogP contribution in [0.2, 0.25) is 0 Å². The van der Waals surface area contributed by atoms with Crippen LogP contribution in [0.3, 0.4) is 0 Å². The van der Waals surface area contributed by atoms with Crippen molar-refractivity contribution in [3.05, 3.63) is 47.8 Å². The number of rotatable bonds is 2. The molecule has 1 aliphatic rings. The van der Waals surface area contributed by atoms with Gasteiger partial charge in [0.05, 0.1) is 6.20 Å². The summed E-state index contributed by atoms with van der Waals surface area (Å²) in [6, 6.07) is 8.06. The van der Waals surface area contributed by atoms with Crippen LogP contribution in [0.25, 0.3) is 17.2 Å². The van der Waals surface area contributed by atoms with Gasteiger partial charge in [0.25, 0.3) is 0 Å². The van der Waals surface area contributed by atoms with E-state index in [-0.39, 0.29) is 12.8 Å². The molecule has 104 valence electrons. The van der Waals surface area contributed by atoms with Crippen molar-refractivity contribution in [3.63, 3.8) is 0 Å². The number of nitrogens with one attached hydrogen (secondary N) is 1. The van der Waals surface area contributed by atoms with E-state index in [4.69, 9.17) is 0 Å². The summed E-state index contributed by atoms with van der Waals surface area (Å²) in [7, 11) is 0. The maximum Gasteiger partial charge on any atom is 0.248 e. The lowest BCUT2D eigenvalue weighted by atomic mass is 9.90. The predicted molar refractivity (Wildman–Crippen MR) is 75.4 cm³/mol. The molecule has 20 heavy (non-hydrogen) atoms. The molecular weight excluding hydrogens is 258 g/mol. The highest BCUT2D eigenvalue weighted by molar-refractivity contribution is 5.66. The van der Waals surface area contributed by atoms with Crippen molar-refractivity contribution < 1.29 is 8.78 Å². The van der Waals surface area contributed by atoms with E-state index < -0.39 is 5.92 Å². The monoisotopic (exact) mass is 274 g/mol. The van der Waals surface area contributed by atoms with Gasteiger partial charge in [-0.3, -0.25) is 5.10 Å². The molecule has 1 aliphatic carbocycles. The van der Waals surface area contributed by atoms with E-state index in [2.05, 4.69) is 16.3 Å². The van der Waals surface area contributed by atoms with Crippen LogP contribution in [0.4, 0.5) is 8.78 Å². The average molecular weight is 274 g/mol. The molecule has 4 heteroatoms. The summed E-state index contributed by atoms with van der Waals surface area (Å²) in [5, 5.41) is 6.73. The zero-order chi connectivity index (χ0) is 14.0. The Bertz CT molecular complexity index is 603. The highest BCUT2D eigenvalue weighted by Gasteiger charge is 2.32. The Kier molecular flexibility index (Phi) is 3.38. The Balaban J connectivity index is 1.80. The molecular formula is C16H16F2N2. The number of H-pyrrole nitrogens is 1. The third-order valence-corrected chi connectivity index (χ3v) is 3.71. The van der Waals surface area contributed by atoms with Gasteiger partial charge in [-0.05, 0) is 30.0 Å². The number of aromatic amines is 1.